The van der Waals surface area contributed by atoms with E-state index in [0.29, 0.717) is 4.91 Å². The van der Waals surface area contributed by atoms with Gasteiger partial charge in [0, 0.05) is 0 Å². The molecule has 0 saturated carbocycles. The van der Waals surface area contributed by atoms with Crippen LogP contribution in [0.3, 0.4) is 0 Å². The first-order valence-electron chi connectivity index (χ1n) is 6.32. The molecule has 2 rings (SSSR count). The zero-order valence-corrected chi connectivity index (χ0v) is 12.2. The molecule has 0 spiro atoms. The van der Waals surface area contributed by atoms with Crippen molar-refractivity contribution in [2.75, 3.05) is 6.54 Å². The molecule has 0 bridgehead atoms. The molecule has 1 aliphatic carbocycles. The standard InChI is InChI=1S/C13H19NO4S/c1-9-5-4-6-10(7-9)19(16,17)13(2,3)11-8-14-12(15)18-11/h4,6-7,9,11H,5,8H2,1-3H3,(H,14,15). The first-order valence-corrected chi connectivity index (χ1v) is 7.81. The van der Waals surface area contributed by atoms with Gasteiger partial charge in [-0.05, 0) is 32.3 Å². The fourth-order valence-corrected chi connectivity index (χ4v) is 4.01. The molecule has 19 heavy (non-hydrogen) atoms. The molecule has 0 radical (unpaired) electrons. The topological polar surface area (TPSA) is 72.5 Å². The third-order valence-corrected chi connectivity index (χ3v) is 6.24. The van der Waals surface area contributed by atoms with Crippen molar-refractivity contribution in [3.05, 3.63) is 23.1 Å². The minimum absolute atomic E-state index is 0.204. The van der Waals surface area contributed by atoms with Crippen molar-refractivity contribution in [3.8, 4) is 0 Å². The third kappa shape index (κ3) is 2.41. The third-order valence-electron chi connectivity index (χ3n) is 3.70. The molecule has 0 aromatic heterocycles. The van der Waals surface area contributed by atoms with Crippen molar-refractivity contribution < 1.29 is 17.9 Å². The summed E-state index contributed by atoms with van der Waals surface area (Å²) in [6.45, 7) is 5.39. The lowest BCUT2D eigenvalue weighted by molar-refractivity contribution is 0.122. The Labute approximate surface area is 113 Å². The van der Waals surface area contributed by atoms with Crippen LogP contribution in [-0.4, -0.2) is 31.9 Å². The molecular formula is C13H19NO4S. The number of cyclic esters (lactones) is 1. The second-order valence-electron chi connectivity index (χ2n) is 5.57. The van der Waals surface area contributed by atoms with Crippen LogP contribution in [0.5, 0.6) is 0 Å². The Morgan fingerprint density at radius 2 is 2.11 bits per heavy atom. The Balaban J connectivity index is 2.33. The average molecular weight is 285 g/mol. The quantitative estimate of drug-likeness (QED) is 0.857. The number of allylic oxidation sites excluding steroid dienone is 3. The van der Waals surface area contributed by atoms with E-state index in [0.717, 1.165) is 6.42 Å². The van der Waals surface area contributed by atoms with Crippen molar-refractivity contribution >= 4 is 15.9 Å². The van der Waals surface area contributed by atoms with E-state index in [2.05, 4.69) is 5.32 Å². The molecule has 2 atom stereocenters. The van der Waals surface area contributed by atoms with E-state index in [1.165, 1.54) is 0 Å². The molecule has 1 N–H and O–H groups in total. The fourth-order valence-electron chi connectivity index (χ4n) is 2.24. The number of carbonyl (C=O) groups is 1. The number of alkyl carbamates (subject to hydrolysis) is 1. The first kappa shape index (κ1) is 14.1. The summed E-state index contributed by atoms with van der Waals surface area (Å²) in [7, 11) is -3.54. The fraction of sp³-hybridized carbons (Fsp3) is 0.615. The number of hydrogen-bond donors (Lipinski definition) is 1. The van der Waals surface area contributed by atoms with E-state index in [1.807, 2.05) is 13.0 Å². The largest absolute Gasteiger partial charge is 0.443 e. The van der Waals surface area contributed by atoms with Gasteiger partial charge >= 0.3 is 6.09 Å². The van der Waals surface area contributed by atoms with Crippen LogP contribution in [0.1, 0.15) is 27.2 Å². The summed E-state index contributed by atoms with van der Waals surface area (Å²) in [4.78, 5) is 11.4. The van der Waals surface area contributed by atoms with Gasteiger partial charge in [-0.2, -0.15) is 0 Å². The summed E-state index contributed by atoms with van der Waals surface area (Å²) >= 11 is 0. The van der Waals surface area contributed by atoms with Crippen LogP contribution in [0.4, 0.5) is 4.79 Å². The number of sulfone groups is 1. The molecule has 1 amide bonds. The van der Waals surface area contributed by atoms with Crippen molar-refractivity contribution in [1.29, 1.82) is 0 Å². The lowest BCUT2D eigenvalue weighted by atomic mass is 10.0. The second kappa shape index (κ2) is 4.67. The normalized spacial score (nSPS) is 27.7. The summed E-state index contributed by atoms with van der Waals surface area (Å²) in [5.41, 5.74) is 0. The molecule has 0 aromatic carbocycles. The maximum atomic E-state index is 12.7. The van der Waals surface area contributed by atoms with Crippen LogP contribution in [0.15, 0.2) is 23.1 Å². The highest BCUT2D eigenvalue weighted by Crippen LogP contribution is 2.33. The van der Waals surface area contributed by atoms with Crippen LogP contribution >= 0.6 is 0 Å². The van der Waals surface area contributed by atoms with Crippen molar-refractivity contribution in [2.24, 2.45) is 5.92 Å². The Kier molecular flexibility index (Phi) is 3.47. The zero-order chi connectivity index (χ0) is 14.3. The van der Waals surface area contributed by atoms with Crippen LogP contribution in [-0.2, 0) is 14.6 Å². The van der Waals surface area contributed by atoms with E-state index < -0.39 is 26.8 Å². The minimum Gasteiger partial charge on any atom is -0.443 e. The summed E-state index contributed by atoms with van der Waals surface area (Å²) in [5.74, 6) is 0.204. The smallest absolute Gasteiger partial charge is 0.407 e. The molecule has 5 nitrogen and oxygen atoms in total. The summed E-state index contributed by atoms with van der Waals surface area (Å²) in [6, 6.07) is 0. The molecule has 2 aliphatic rings. The lowest BCUT2D eigenvalue weighted by Crippen LogP contribution is -2.46. The van der Waals surface area contributed by atoms with Gasteiger partial charge in [-0.15, -0.1) is 0 Å². The maximum Gasteiger partial charge on any atom is 0.407 e. The number of nitrogens with one attached hydrogen (secondary N) is 1. The van der Waals surface area contributed by atoms with Gasteiger partial charge in [0.15, 0.2) is 9.84 Å². The van der Waals surface area contributed by atoms with E-state index in [9.17, 15) is 13.2 Å². The van der Waals surface area contributed by atoms with E-state index >= 15 is 0 Å². The van der Waals surface area contributed by atoms with Gasteiger partial charge in [-0.1, -0.05) is 19.1 Å². The van der Waals surface area contributed by atoms with Crippen LogP contribution < -0.4 is 5.32 Å². The van der Waals surface area contributed by atoms with Gasteiger partial charge in [-0.3, -0.25) is 0 Å². The number of hydrogen-bond acceptors (Lipinski definition) is 4. The Morgan fingerprint density at radius 3 is 2.63 bits per heavy atom. The van der Waals surface area contributed by atoms with Crippen LogP contribution in [0.25, 0.3) is 0 Å². The maximum absolute atomic E-state index is 12.7. The number of rotatable bonds is 3. The molecule has 1 saturated heterocycles. The van der Waals surface area contributed by atoms with E-state index in [4.69, 9.17) is 4.74 Å². The SMILES string of the molecule is CC1C=C(S(=O)(=O)C(C)(C)C2CNC(=O)O2)C=CC1. The summed E-state index contributed by atoms with van der Waals surface area (Å²) in [6.07, 6.45) is 4.89. The number of ether oxygens (including phenoxy) is 1. The van der Waals surface area contributed by atoms with Gasteiger partial charge in [0.25, 0.3) is 0 Å². The average Bonchev–Trinajstić information content (AvgIpc) is 2.76. The lowest BCUT2D eigenvalue weighted by Gasteiger charge is -2.30. The Hall–Kier alpha value is -1.30. The molecular weight excluding hydrogens is 266 g/mol. The molecule has 106 valence electrons. The first-order chi connectivity index (χ1) is 8.75. The predicted octanol–water partition coefficient (Wildman–Crippen LogP) is 1.77. The summed E-state index contributed by atoms with van der Waals surface area (Å²) < 4.78 is 29.3. The summed E-state index contributed by atoms with van der Waals surface area (Å²) in [5, 5.41) is 2.50. The molecule has 6 heteroatoms. The second-order valence-corrected chi connectivity index (χ2v) is 8.10. The highest BCUT2D eigenvalue weighted by Gasteiger charge is 2.48. The highest BCUT2D eigenvalue weighted by molar-refractivity contribution is 7.96. The van der Waals surface area contributed by atoms with Gasteiger partial charge in [-0.25, -0.2) is 13.2 Å². The van der Waals surface area contributed by atoms with Crippen LogP contribution in [0.2, 0.25) is 0 Å². The zero-order valence-electron chi connectivity index (χ0n) is 11.3. The predicted molar refractivity (Wildman–Crippen MR) is 72.3 cm³/mol. The van der Waals surface area contributed by atoms with Gasteiger partial charge < -0.3 is 10.1 Å². The van der Waals surface area contributed by atoms with Gasteiger partial charge in [0.2, 0.25) is 0 Å². The molecule has 0 aromatic rings. The monoisotopic (exact) mass is 285 g/mol. The van der Waals surface area contributed by atoms with E-state index in [1.54, 1.807) is 26.0 Å². The Morgan fingerprint density at radius 1 is 1.42 bits per heavy atom. The van der Waals surface area contributed by atoms with E-state index in [-0.39, 0.29) is 12.5 Å². The van der Waals surface area contributed by atoms with Crippen molar-refractivity contribution in [3.63, 3.8) is 0 Å². The number of amides is 1. The van der Waals surface area contributed by atoms with Crippen molar-refractivity contribution in [2.45, 2.75) is 38.0 Å². The minimum atomic E-state index is -3.54. The van der Waals surface area contributed by atoms with Gasteiger partial charge in [0.05, 0.1) is 11.4 Å². The number of carbonyl (C=O) groups excluding carboxylic acids is 1. The van der Waals surface area contributed by atoms with Crippen molar-refractivity contribution in [1.82, 2.24) is 5.32 Å². The van der Waals surface area contributed by atoms with Crippen LogP contribution in [0, 0.1) is 5.92 Å². The Bertz CT molecular complexity index is 545. The molecule has 2 unspecified atom stereocenters. The molecule has 1 heterocycles. The molecule has 1 fully saturated rings. The van der Waals surface area contributed by atoms with Gasteiger partial charge in [0.1, 0.15) is 10.9 Å². The molecule has 1 aliphatic heterocycles. The highest BCUT2D eigenvalue weighted by atomic mass is 32.2.